The van der Waals surface area contributed by atoms with Crippen LogP contribution in [0.5, 0.6) is 0 Å². The zero-order valence-corrected chi connectivity index (χ0v) is 26.8. The number of para-hydroxylation sites is 2. The van der Waals surface area contributed by atoms with Crippen LogP contribution in [0.4, 0.5) is 11.4 Å². The molecule has 1 aliphatic carbocycles. The number of allylic oxidation sites excluding steroid dienone is 7. The monoisotopic (exact) mass is 563 g/mol. The first-order valence-corrected chi connectivity index (χ1v) is 16.1. The maximum Gasteiger partial charge on any atom is 0.209 e. The Bertz CT molecular complexity index is 1460. The van der Waals surface area contributed by atoms with Crippen molar-refractivity contribution in [2.75, 3.05) is 31.1 Å². The summed E-state index contributed by atoms with van der Waals surface area (Å²) in [6, 6.07) is 17.8. The first-order chi connectivity index (χ1) is 20.2. The summed E-state index contributed by atoms with van der Waals surface area (Å²) in [6.45, 7) is 17.6. The van der Waals surface area contributed by atoms with Gasteiger partial charge < -0.3 is 16.0 Å². The second-order valence-corrected chi connectivity index (χ2v) is 12.9. The number of nitrogens with one attached hydrogen (secondary N) is 1. The van der Waals surface area contributed by atoms with Crippen LogP contribution in [-0.2, 0) is 10.8 Å². The molecule has 0 saturated carbocycles. The first kappa shape index (κ1) is 30.1. The van der Waals surface area contributed by atoms with Gasteiger partial charge in [0.2, 0.25) is 5.69 Å². The summed E-state index contributed by atoms with van der Waals surface area (Å²) in [5.41, 5.74) is 18.2. The predicted octanol–water partition coefficient (Wildman–Crippen LogP) is 8.03. The molecule has 0 unspecified atom stereocenters. The van der Waals surface area contributed by atoms with Gasteiger partial charge in [0.1, 0.15) is 6.54 Å². The summed E-state index contributed by atoms with van der Waals surface area (Å²) in [5, 5.41) is 3.87. The van der Waals surface area contributed by atoms with E-state index in [0.717, 1.165) is 51.9 Å². The molecule has 0 fully saturated rings. The van der Waals surface area contributed by atoms with Gasteiger partial charge >= 0.3 is 0 Å². The van der Waals surface area contributed by atoms with Crippen molar-refractivity contribution < 1.29 is 4.58 Å². The molecule has 0 atom stereocenters. The van der Waals surface area contributed by atoms with Crippen molar-refractivity contribution in [3.63, 3.8) is 0 Å². The van der Waals surface area contributed by atoms with Crippen molar-refractivity contribution in [1.29, 1.82) is 0 Å². The SMILES string of the molecule is CCN1/C(=C/C=C2\CCCC(/C=C/C3=[N+](CC)c4ccccc4C3(C)C)=C2NCCCCN)C(C)(C)c2ccccc21. The van der Waals surface area contributed by atoms with Crippen LogP contribution < -0.4 is 16.0 Å². The van der Waals surface area contributed by atoms with Crippen molar-refractivity contribution in [2.45, 2.75) is 84.5 Å². The van der Waals surface area contributed by atoms with Crippen molar-refractivity contribution in [1.82, 2.24) is 5.32 Å². The molecule has 5 rings (SSSR count). The maximum absolute atomic E-state index is 5.83. The van der Waals surface area contributed by atoms with Crippen LogP contribution >= 0.6 is 0 Å². The number of anilines is 1. The van der Waals surface area contributed by atoms with Gasteiger partial charge in [-0.3, -0.25) is 0 Å². The minimum atomic E-state index is -0.0250. The number of nitrogens with zero attached hydrogens (tertiary/aromatic N) is 2. The summed E-state index contributed by atoms with van der Waals surface area (Å²) in [5.74, 6) is 0. The van der Waals surface area contributed by atoms with Gasteiger partial charge in [-0.25, -0.2) is 0 Å². The molecule has 4 heteroatoms. The molecule has 42 heavy (non-hydrogen) atoms. The fourth-order valence-electron chi connectivity index (χ4n) is 7.29. The Labute approximate surface area is 254 Å². The summed E-state index contributed by atoms with van der Waals surface area (Å²) in [7, 11) is 0. The van der Waals surface area contributed by atoms with Gasteiger partial charge in [-0.2, -0.15) is 4.58 Å². The molecule has 2 aromatic rings. The van der Waals surface area contributed by atoms with Gasteiger partial charge in [-0.05, 0) is 95.2 Å². The highest BCUT2D eigenvalue weighted by molar-refractivity contribution is 6.03. The zero-order chi connectivity index (χ0) is 29.9. The van der Waals surface area contributed by atoms with Crippen LogP contribution in [0.25, 0.3) is 0 Å². The van der Waals surface area contributed by atoms with Crippen molar-refractivity contribution >= 4 is 17.1 Å². The standard InChI is InChI=1S/C38H50N4/c1-7-41-32-20-11-9-18-30(32)37(3,4)34(41)24-22-28-16-15-17-29(36(28)40-27-14-13-26-39)23-25-35-38(5,6)31-19-10-12-21-33(31)42(35)8-2/h9-12,18-25H,7-8,13-17,26-27,39H2,1-6H3/p+1/b28-22+,34-24+. The van der Waals surface area contributed by atoms with E-state index in [4.69, 9.17) is 5.73 Å². The molecule has 0 radical (unpaired) electrons. The first-order valence-electron chi connectivity index (χ1n) is 16.1. The van der Waals surface area contributed by atoms with Crippen molar-refractivity contribution in [2.24, 2.45) is 5.73 Å². The van der Waals surface area contributed by atoms with Crippen LogP contribution in [0, 0.1) is 0 Å². The number of likely N-dealkylation sites (N-methyl/N-ethyl adjacent to an activating group) is 1. The lowest BCUT2D eigenvalue weighted by molar-refractivity contribution is -0.433. The molecule has 0 spiro atoms. The van der Waals surface area contributed by atoms with Gasteiger partial charge in [0, 0.05) is 53.3 Å². The molecule has 2 aliphatic heterocycles. The second kappa shape index (κ2) is 12.5. The van der Waals surface area contributed by atoms with Gasteiger partial charge in [0.25, 0.3) is 0 Å². The fraction of sp³-hybridized carbons (Fsp3) is 0.447. The molecular weight excluding hydrogens is 512 g/mol. The molecule has 2 heterocycles. The third-order valence-corrected chi connectivity index (χ3v) is 9.58. The maximum atomic E-state index is 5.83. The van der Waals surface area contributed by atoms with Gasteiger partial charge in [0.05, 0.1) is 5.41 Å². The topological polar surface area (TPSA) is 44.3 Å². The highest BCUT2D eigenvalue weighted by Gasteiger charge is 2.43. The highest BCUT2D eigenvalue weighted by atomic mass is 15.2. The Morgan fingerprint density at radius 1 is 0.881 bits per heavy atom. The van der Waals surface area contributed by atoms with Crippen LogP contribution in [0.1, 0.15) is 84.8 Å². The fourth-order valence-corrected chi connectivity index (χ4v) is 7.29. The molecule has 222 valence electrons. The number of unbranched alkanes of at least 4 members (excludes halogenated alkanes) is 1. The van der Waals surface area contributed by atoms with E-state index in [9.17, 15) is 0 Å². The number of hydrogen-bond donors (Lipinski definition) is 2. The minimum Gasteiger partial charge on any atom is -0.385 e. The van der Waals surface area contributed by atoms with E-state index in [0.29, 0.717) is 0 Å². The highest BCUT2D eigenvalue weighted by Crippen LogP contribution is 2.47. The number of benzene rings is 2. The van der Waals surface area contributed by atoms with E-state index in [-0.39, 0.29) is 10.8 Å². The minimum absolute atomic E-state index is 0.0250. The van der Waals surface area contributed by atoms with E-state index >= 15 is 0 Å². The zero-order valence-electron chi connectivity index (χ0n) is 26.8. The lowest BCUT2D eigenvalue weighted by Crippen LogP contribution is -2.28. The third kappa shape index (κ3) is 5.42. The predicted molar refractivity (Wildman–Crippen MR) is 180 cm³/mol. The summed E-state index contributed by atoms with van der Waals surface area (Å²) >= 11 is 0. The van der Waals surface area contributed by atoms with Crippen LogP contribution in [0.15, 0.2) is 95.4 Å². The average molecular weight is 564 g/mol. The van der Waals surface area contributed by atoms with Gasteiger partial charge in [0.15, 0.2) is 5.71 Å². The largest absolute Gasteiger partial charge is 0.385 e. The molecule has 2 aromatic carbocycles. The molecular formula is C38H51N4+. The summed E-state index contributed by atoms with van der Waals surface area (Å²) in [6.07, 6.45) is 15.1. The lowest BCUT2D eigenvalue weighted by atomic mass is 9.81. The van der Waals surface area contributed by atoms with Crippen LogP contribution in [0.2, 0.25) is 0 Å². The molecule has 0 saturated heterocycles. The van der Waals surface area contributed by atoms with Gasteiger partial charge in [-0.1, -0.05) is 62.4 Å². The lowest BCUT2D eigenvalue weighted by Gasteiger charge is -2.27. The number of nitrogens with two attached hydrogens (primary N) is 1. The normalized spacial score (nSPS) is 21.2. The van der Waals surface area contributed by atoms with E-state index in [2.05, 4.69) is 129 Å². The van der Waals surface area contributed by atoms with E-state index < -0.39 is 0 Å². The Morgan fingerprint density at radius 3 is 2.36 bits per heavy atom. The second-order valence-electron chi connectivity index (χ2n) is 12.9. The average Bonchev–Trinajstić information content (AvgIpc) is 3.35. The van der Waals surface area contributed by atoms with Crippen molar-refractivity contribution in [3.8, 4) is 0 Å². The molecule has 3 aliphatic rings. The molecule has 0 bridgehead atoms. The smallest absolute Gasteiger partial charge is 0.209 e. The number of fused-ring (bicyclic) bond motifs is 2. The molecule has 0 aromatic heterocycles. The Balaban J connectivity index is 1.53. The van der Waals surface area contributed by atoms with E-state index in [1.54, 1.807) is 0 Å². The van der Waals surface area contributed by atoms with E-state index in [1.165, 1.54) is 57.2 Å². The summed E-state index contributed by atoms with van der Waals surface area (Å²) < 4.78 is 2.49. The van der Waals surface area contributed by atoms with Gasteiger partial charge in [-0.15, -0.1) is 0 Å². The third-order valence-electron chi connectivity index (χ3n) is 9.58. The number of rotatable bonds is 10. The van der Waals surface area contributed by atoms with Crippen LogP contribution in [-0.4, -0.2) is 36.5 Å². The molecule has 3 N–H and O–H groups in total. The van der Waals surface area contributed by atoms with Crippen LogP contribution in [0.3, 0.4) is 0 Å². The summed E-state index contributed by atoms with van der Waals surface area (Å²) in [4.78, 5) is 2.49. The quantitative estimate of drug-likeness (QED) is 0.227. The van der Waals surface area contributed by atoms with Crippen molar-refractivity contribution in [3.05, 3.63) is 107 Å². The Hall–Kier alpha value is -3.37. The Morgan fingerprint density at radius 2 is 1.62 bits per heavy atom. The number of hydrogen-bond acceptors (Lipinski definition) is 3. The molecule has 0 amide bonds. The Kier molecular flexibility index (Phi) is 8.94. The van der Waals surface area contributed by atoms with E-state index in [1.807, 2.05) is 0 Å². The molecule has 4 nitrogen and oxygen atoms in total.